The topological polar surface area (TPSA) is 90.9 Å². The first-order valence-corrected chi connectivity index (χ1v) is 13.4. The number of methoxy groups -OCH3 is 2. The minimum Gasteiger partial charge on any atom is -0.463 e. The van der Waals surface area contributed by atoms with Gasteiger partial charge in [-0.2, -0.15) is 0 Å². The summed E-state index contributed by atoms with van der Waals surface area (Å²) in [5.74, 6) is -0.422. The molecular formula is C18H38O9Si2. The zero-order chi connectivity index (χ0) is 22.4. The lowest BCUT2D eigenvalue weighted by Gasteiger charge is -2.46. The lowest BCUT2D eigenvalue weighted by atomic mass is 10.2. The van der Waals surface area contributed by atoms with Gasteiger partial charge in [-0.05, 0) is 18.9 Å². The lowest BCUT2D eigenvalue weighted by molar-refractivity contribution is -0.183. The number of ether oxygens (including phenoxy) is 3. The van der Waals surface area contributed by atoms with Crippen molar-refractivity contribution in [1.82, 2.24) is 0 Å². The highest BCUT2D eigenvalue weighted by molar-refractivity contribution is 6.70. The van der Waals surface area contributed by atoms with Crippen molar-refractivity contribution in [3.63, 3.8) is 0 Å². The Morgan fingerprint density at radius 1 is 1.00 bits per heavy atom. The second-order valence-electron chi connectivity index (χ2n) is 6.30. The maximum atomic E-state index is 10.7. The molecule has 0 saturated carbocycles. The van der Waals surface area contributed by atoms with Crippen LogP contribution in [0.15, 0.2) is 12.7 Å². The summed E-state index contributed by atoms with van der Waals surface area (Å²) in [6.45, 7) is 3.61. The average molecular weight is 455 g/mol. The first-order chi connectivity index (χ1) is 13.8. The van der Waals surface area contributed by atoms with Gasteiger partial charge in [0, 0.05) is 68.3 Å². The molecule has 0 N–H and O–H groups in total. The van der Waals surface area contributed by atoms with Crippen LogP contribution in [0.5, 0.6) is 0 Å². The minimum absolute atomic E-state index is 0.315. The van der Waals surface area contributed by atoms with Crippen molar-refractivity contribution in [2.24, 2.45) is 0 Å². The molecule has 1 heterocycles. The van der Waals surface area contributed by atoms with Crippen molar-refractivity contribution >= 4 is 23.3 Å². The molecule has 172 valence electrons. The Bertz CT molecular complexity index is 436. The molecule has 0 aromatic rings. The molecule has 0 bridgehead atoms. The number of carbonyl (C=O) groups is 1. The summed E-state index contributed by atoms with van der Waals surface area (Å²) in [6, 6.07) is 1.54. The van der Waals surface area contributed by atoms with Crippen LogP contribution < -0.4 is 0 Å². The fourth-order valence-corrected chi connectivity index (χ4v) is 8.53. The van der Waals surface area contributed by atoms with Gasteiger partial charge in [-0.3, -0.25) is 0 Å². The Labute approximate surface area is 177 Å². The van der Waals surface area contributed by atoms with Crippen molar-refractivity contribution < 1.29 is 41.1 Å². The van der Waals surface area contributed by atoms with Gasteiger partial charge < -0.3 is 36.3 Å². The first kappa shape index (κ1) is 28.4. The molecule has 0 aliphatic carbocycles. The Morgan fingerprint density at radius 3 is 1.93 bits per heavy atom. The second kappa shape index (κ2) is 14.4. The maximum absolute atomic E-state index is 10.7. The molecule has 1 aliphatic heterocycles. The van der Waals surface area contributed by atoms with Gasteiger partial charge in [0.15, 0.2) is 0 Å². The zero-order valence-electron chi connectivity index (χ0n) is 18.9. The second-order valence-corrected chi connectivity index (χ2v) is 13.0. The zero-order valence-corrected chi connectivity index (χ0v) is 20.9. The molecule has 1 aliphatic rings. The van der Waals surface area contributed by atoms with Crippen LogP contribution in [0.3, 0.4) is 0 Å². The number of rotatable bonds is 12. The molecule has 0 spiro atoms. The predicted molar refractivity (Wildman–Crippen MR) is 113 cm³/mol. The largest absolute Gasteiger partial charge is 0.500 e. The standard InChI is InChI=1S/C9H18O5Si.C9H20O4Si/c1-5-9(10)14-7-6-8-15(11-2,12-3)13-4;1-10-9(11-2)7-5-6-8-14(9,12-3)13-4/h5H,1,6-8H2,2-4H3;5-8H2,1-4H3. The van der Waals surface area contributed by atoms with Crippen LogP contribution in [0, 0.1) is 0 Å². The fourth-order valence-electron chi connectivity index (χ4n) is 3.37. The Kier molecular flexibility index (Phi) is 14.1. The molecule has 0 aromatic heterocycles. The molecule has 1 rings (SSSR count). The van der Waals surface area contributed by atoms with Gasteiger partial charge in [0.2, 0.25) is 5.41 Å². The summed E-state index contributed by atoms with van der Waals surface area (Å²) >= 11 is 0. The smallest absolute Gasteiger partial charge is 0.463 e. The summed E-state index contributed by atoms with van der Waals surface area (Å²) in [7, 11) is 6.48. The fraction of sp³-hybridized carbons (Fsp3) is 0.833. The van der Waals surface area contributed by atoms with E-state index in [-0.39, 0.29) is 0 Å². The van der Waals surface area contributed by atoms with Crippen LogP contribution in [0.1, 0.15) is 25.7 Å². The molecule has 1 fully saturated rings. The number of esters is 1. The average Bonchev–Trinajstić information content (AvgIpc) is 2.79. The molecule has 1 saturated heterocycles. The van der Waals surface area contributed by atoms with Crippen LogP contribution in [0.25, 0.3) is 0 Å². The van der Waals surface area contributed by atoms with Crippen molar-refractivity contribution in [3.05, 3.63) is 12.7 Å². The van der Waals surface area contributed by atoms with Gasteiger partial charge in [-0.15, -0.1) is 0 Å². The van der Waals surface area contributed by atoms with E-state index in [2.05, 4.69) is 6.58 Å². The molecular weight excluding hydrogens is 416 g/mol. The summed E-state index contributed by atoms with van der Waals surface area (Å²) in [4.78, 5) is 10.7. The normalized spacial score (nSPS) is 17.8. The summed E-state index contributed by atoms with van der Waals surface area (Å²) in [5.41, 5.74) is -0.630. The van der Waals surface area contributed by atoms with Crippen LogP contribution in [0.2, 0.25) is 12.1 Å². The molecule has 0 atom stereocenters. The van der Waals surface area contributed by atoms with E-state index in [1.807, 2.05) is 0 Å². The van der Waals surface area contributed by atoms with E-state index in [1.165, 1.54) is 0 Å². The molecule has 0 aromatic carbocycles. The highest BCUT2D eigenvalue weighted by atomic mass is 28.4. The number of hydrogen-bond donors (Lipinski definition) is 0. The van der Waals surface area contributed by atoms with E-state index in [4.69, 9.17) is 36.3 Å². The number of carbonyl (C=O) groups excluding carboxylic acids is 1. The third-order valence-corrected chi connectivity index (χ3v) is 12.1. The van der Waals surface area contributed by atoms with Crippen molar-refractivity contribution in [2.45, 2.75) is 43.2 Å². The van der Waals surface area contributed by atoms with Crippen molar-refractivity contribution in [3.8, 4) is 0 Å². The highest BCUT2D eigenvalue weighted by Gasteiger charge is 2.60. The van der Waals surface area contributed by atoms with Crippen molar-refractivity contribution in [1.29, 1.82) is 0 Å². The van der Waals surface area contributed by atoms with E-state index in [0.717, 1.165) is 31.4 Å². The third-order valence-electron chi connectivity index (χ3n) is 5.13. The SMILES string of the molecule is C=CC(=O)OCCC[Si](OC)(OC)OC.COC1(OC)CCCC[Si]1(OC)OC. The first-order valence-electron chi connectivity index (χ1n) is 9.49. The lowest BCUT2D eigenvalue weighted by Crippen LogP contribution is -2.65. The van der Waals surface area contributed by atoms with E-state index in [9.17, 15) is 4.79 Å². The number of hydrogen-bond acceptors (Lipinski definition) is 9. The molecule has 0 radical (unpaired) electrons. The van der Waals surface area contributed by atoms with E-state index < -0.39 is 28.7 Å². The quantitative estimate of drug-likeness (QED) is 0.145. The minimum atomic E-state index is -2.52. The monoisotopic (exact) mass is 454 g/mol. The van der Waals surface area contributed by atoms with Crippen LogP contribution in [-0.4, -0.2) is 85.1 Å². The summed E-state index contributed by atoms with van der Waals surface area (Å²) in [6.07, 6.45) is 4.86. The van der Waals surface area contributed by atoms with Gasteiger partial charge in [-0.1, -0.05) is 13.0 Å². The van der Waals surface area contributed by atoms with E-state index in [0.29, 0.717) is 19.1 Å². The third kappa shape index (κ3) is 7.53. The van der Waals surface area contributed by atoms with Crippen molar-refractivity contribution in [2.75, 3.05) is 56.4 Å². The maximum Gasteiger partial charge on any atom is 0.500 e. The van der Waals surface area contributed by atoms with Gasteiger partial charge in [0.1, 0.15) is 0 Å². The van der Waals surface area contributed by atoms with E-state index in [1.54, 1.807) is 49.8 Å². The van der Waals surface area contributed by atoms with Gasteiger partial charge >= 0.3 is 23.3 Å². The van der Waals surface area contributed by atoms with Crippen LogP contribution in [-0.2, 0) is 41.1 Å². The Balaban J connectivity index is 0.000000541. The van der Waals surface area contributed by atoms with E-state index >= 15 is 0 Å². The Morgan fingerprint density at radius 2 is 1.55 bits per heavy atom. The molecule has 0 amide bonds. The summed E-state index contributed by atoms with van der Waals surface area (Å²) in [5, 5.41) is 0. The van der Waals surface area contributed by atoms with Gasteiger partial charge in [0.05, 0.1) is 6.61 Å². The molecule has 0 unspecified atom stereocenters. The Hall–Kier alpha value is -0.636. The molecule has 29 heavy (non-hydrogen) atoms. The van der Waals surface area contributed by atoms with Gasteiger partial charge in [0.25, 0.3) is 0 Å². The molecule has 11 heteroatoms. The summed E-state index contributed by atoms with van der Waals surface area (Å²) < 4.78 is 42.6. The molecule has 9 nitrogen and oxygen atoms in total. The van der Waals surface area contributed by atoms with Crippen LogP contribution >= 0.6 is 0 Å². The highest BCUT2D eigenvalue weighted by Crippen LogP contribution is 2.40. The van der Waals surface area contributed by atoms with Crippen LogP contribution in [0.4, 0.5) is 0 Å². The predicted octanol–water partition coefficient (Wildman–Crippen LogP) is 2.42. The van der Waals surface area contributed by atoms with Gasteiger partial charge in [-0.25, -0.2) is 4.79 Å².